The molecule has 0 spiro atoms. The molecule has 7 nitrogen and oxygen atoms in total. The van der Waals surface area contributed by atoms with Gasteiger partial charge in [-0.25, -0.2) is 8.42 Å². The first-order valence-corrected chi connectivity index (χ1v) is 8.20. The Bertz CT molecular complexity index is 744. The van der Waals surface area contributed by atoms with Gasteiger partial charge in [-0.1, -0.05) is 12.1 Å². The summed E-state index contributed by atoms with van der Waals surface area (Å²) in [6.07, 6.45) is 1.02. The van der Waals surface area contributed by atoms with Crippen LogP contribution in [-0.4, -0.2) is 38.9 Å². The number of hydrogen-bond acceptors (Lipinski definition) is 7. The highest BCUT2D eigenvalue weighted by Crippen LogP contribution is 2.19. The Morgan fingerprint density at radius 2 is 1.64 bits per heavy atom. The lowest BCUT2D eigenvalue weighted by Gasteiger charge is -2.08. The molecular weight excluding hydrogens is 308 g/mol. The zero-order valence-electron chi connectivity index (χ0n) is 12.4. The molecule has 0 saturated heterocycles. The Morgan fingerprint density at radius 3 is 2.18 bits per heavy atom. The van der Waals surface area contributed by atoms with E-state index in [1.165, 1.54) is 13.2 Å². The molecule has 0 saturated carbocycles. The largest absolute Gasteiger partial charge is 0.497 e. The van der Waals surface area contributed by atoms with Gasteiger partial charge in [0.2, 0.25) is 21.6 Å². The third kappa shape index (κ3) is 4.08. The normalized spacial score (nSPS) is 11.0. The molecule has 0 N–H and O–H groups in total. The maximum Gasteiger partial charge on any atom is 0.253 e. The molecule has 0 radical (unpaired) electrons. The van der Waals surface area contributed by atoms with Gasteiger partial charge in [-0.05, 0) is 17.7 Å². The van der Waals surface area contributed by atoms with Crippen molar-refractivity contribution < 1.29 is 22.6 Å². The van der Waals surface area contributed by atoms with Crippen LogP contribution in [0.5, 0.6) is 17.5 Å². The summed E-state index contributed by atoms with van der Waals surface area (Å²) in [7, 11) is -0.569. The lowest BCUT2D eigenvalue weighted by Crippen LogP contribution is -2.07. The number of hydrogen-bond donors (Lipinski definition) is 0. The quantitative estimate of drug-likeness (QED) is 0.744. The van der Waals surface area contributed by atoms with E-state index in [-0.39, 0.29) is 23.5 Å². The number of nitrogens with zero attached hydrogens (tertiary/aromatic N) is 2. The Morgan fingerprint density at radius 1 is 1.00 bits per heavy atom. The van der Waals surface area contributed by atoms with Crippen molar-refractivity contribution in [2.75, 3.05) is 20.5 Å². The van der Waals surface area contributed by atoms with Gasteiger partial charge in [-0.2, -0.15) is 9.97 Å². The summed E-state index contributed by atoms with van der Waals surface area (Å²) in [6, 6.07) is 8.73. The van der Waals surface area contributed by atoms with E-state index < -0.39 is 9.84 Å². The van der Waals surface area contributed by atoms with Gasteiger partial charge in [0.05, 0.1) is 20.3 Å². The van der Waals surface area contributed by atoms with Gasteiger partial charge >= 0.3 is 0 Å². The molecule has 0 unspecified atom stereocenters. The zero-order chi connectivity index (χ0) is 16.2. The van der Waals surface area contributed by atoms with Crippen LogP contribution >= 0.6 is 0 Å². The van der Waals surface area contributed by atoms with Crippen molar-refractivity contribution in [1.29, 1.82) is 0 Å². The molecule has 2 aromatic rings. The van der Waals surface area contributed by atoms with Crippen molar-refractivity contribution in [2.45, 2.75) is 11.8 Å². The second kappa shape index (κ2) is 6.61. The van der Waals surface area contributed by atoms with E-state index in [1.807, 2.05) is 12.1 Å². The van der Waals surface area contributed by atoms with Crippen molar-refractivity contribution in [3.8, 4) is 17.5 Å². The van der Waals surface area contributed by atoms with Gasteiger partial charge < -0.3 is 14.2 Å². The molecule has 1 aromatic carbocycles. The van der Waals surface area contributed by atoms with Crippen molar-refractivity contribution in [3.05, 3.63) is 35.9 Å². The zero-order valence-corrected chi connectivity index (χ0v) is 13.3. The molecule has 22 heavy (non-hydrogen) atoms. The van der Waals surface area contributed by atoms with Crippen molar-refractivity contribution in [1.82, 2.24) is 9.97 Å². The molecule has 0 aliphatic heterocycles. The molecular formula is C14H16N2O5S. The van der Waals surface area contributed by atoms with Crippen LogP contribution in [0.1, 0.15) is 5.56 Å². The number of ether oxygens (including phenoxy) is 3. The van der Waals surface area contributed by atoms with Crippen LogP contribution in [-0.2, 0) is 16.4 Å². The molecule has 0 amide bonds. The molecule has 0 fully saturated rings. The summed E-state index contributed by atoms with van der Waals surface area (Å²) in [5, 5.41) is -0.336. The second-order valence-corrected chi connectivity index (χ2v) is 6.35. The first kappa shape index (κ1) is 16.0. The van der Waals surface area contributed by atoms with E-state index in [0.717, 1.165) is 17.6 Å². The SMILES string of the molecule is COc1ccc(COc2cc(OC)nc(S(C)(=O)=O)n2)cc1. The van der Waals surface area contributed by atoms with Gasteiger partial charge in [-0.15, -0.1) is 0 Å². The van der Waals surface area contributed by atoms with E-state index in [1.54, 1.807) is 19.2 Å². The molecule has 1 aromatic heterocycles. The topological polar surface area (TPSA) is 87.6 Å². The molecule has 1 heterocycles. The maximum absolute atomic E-state index is 11.5. The fraction of sp³-hybridized carbons (Fsp3) is 0.286. The lowest BCUT2D eigenvalue weighted by molar-refractivity contribution is 0.285. The average Bonchev–Trinajstić information content (AvgIpc) is 2.52. The number of benzene rings is 1. The summed E-state index contributed by atoms with van der Waals surface area (Å²) in [4.78, 5) is 7.66. The number of sulfone groups is 1. The molecule has 8 heteroatoms. The highest BCUT2D eigenvalue weighted by Gasteiger charge is 2.15. The highest BCUT2D eigenvalue weighted by atomic mass is 32.2. The van der Waals surface area contributed by atoms with Crippen LogP contribution < -0.4 is 14.2 Å². The third-order valence-corrected chi connectivity index (χ3v) is 3.59. The van der Waals surface area contributed by atoms with Crippen LogP contribution in [0, 0.1) is 0 Å². The molecule has 118 valence electrons. The molecule has 0 atom stereocenters. The number of methoxy groups -OCH3 is 2. The molecule has 0 bridgehead atoms. The molecule has 0 aliphatic rings. The lowest BCUT2D eigenvalue weighted by atomic mass is 10.2. The number of rotatable bonds is 6. The minimum Gasteiger partial charge on any atom is -0.497 e. The van der Waals surface area contributed by atoms with Crippen LogP contribution in [0.4, 0.5) is 0 Å². The van der Waals surface area contributed by atoms with Crippen LogP contribution in [0.15, 0.2) is 35.5 Å². The van der Waals surface area contributed by atoms with Gasteiger partial charge in [0, 0.05) is 6.26 Å². The summed E-state index contributed by atoms with van der Waals surface area (Å²) in [6.45, 7) is 0.230. The second-order valence-electron chi connectivity index (χ2n) is 4.44. The van der Waals surface area contributed by atoms with Crippen LogP contribution in [0.3, 0.4) is 0 Å². The van der Waals surface area contributed by atoms with Gasteiger partial charge in [0.15, 0.2) is 0 Å². The summed E-state index contributed by atoms with van der Waals surface area (Å²) in [5.41, 5.74) is 0.888. The first-order chi connectivity index (χ1) is 10.4. The Hall–Kier alpha value is -2.35. The van der Waals surface area contributed by atoms with Crippen molar-refractivity contribution in [2.24, 2.45) is 0 Å². The van der Waals surface area contributed by atoms with E-state index in [0.29, 0.717) is 0 Å². The predicted molar refractivity (Wildman–Crippen MR) is 79.0 cm³/mol. The van der Waals surface area contributed by atoms with E-state index in [4.69, 9.17) is 14.2 Å². The van der Waals surface area contributed by atoms with Crippen LogP contribution in [0.2, 0.25) is 0 Å². The van der Waals surface area contributed by atoms with E-state index in [2.05, 4.69) is 9.97 Å². The Kier molecular flexibility index (Phi) is 4.81. The third-order valence-electron chi connectivity index (χ3n) is 2.75. The monoisotopic (exact) mass is 324 g/mol. The average molecular weight is 324 g/mol. The Balaban J connectivity index is 2.17. The van der Waals surface area contributed by atoms with Crippen molar-refractivity contribution >= 4 is 9.84 Å². The standard InChI is InChI=1S/C14H16N2O5S/c1-19-11-6-4-10(5-7-11)9-21-13-8-12(20-2)15-14(16-13)22(3,17)18/h4-8H,9H2,1-3H3. The Labute approximate surface area is 128 Å². The van der Waals surface area contributed by atoms with E-state index >= 15 is 0 Å². The summed E-state index contributed by atoms with van der Waals surface area (Å²) >= 11 is 0. The van der Waals surface area contributed by atoms with Gasteiger partial charge in [-0.3, -0.25) is 0 Å². The highest BCUT2D eigenvalue weighted by molar-refractivity contribution is 7.90. The fourth-order valence-electron chi connectivity index (χ4n) is 1.61. The van der Waals surface area contributed by atoms with E-state index in [9.17, 15) is 8.42 Å². The summed E-state index contributed by atoms with van der Waals surface area (Å²) in [5.74, 6) is 0.995. The van der Waals surface area contributed by atoms with Gasteiger partial charge in [0.25, 0.3) is 5.16 Å². The minimum atomic E-state index is -3.55. The molecule has 0 aliphatic carbocycles. The predicted octanol–water partition coefficient (Wildman–Crippen LogP) is 1.48. The van der Waals surface area contributed by atoms with Gasteiger partial charge in [0.1, 0.15) is 12.4 Å². The van der Waals surface area contributed by atoms with Crippen molar-refractivity contribution in [3.63, 3.8) is 0 Å². The fourth-order valence-corrected chi connectivity index (χ4v) is 2.12. The maximum atomic E-state index is 11.5. The number of aromatic nitrogens is 2. The van der Waals surface area contributed by atoms with Crippen LogP contribution in [0.25, 0.3) is 0 Å². The minimum absolute atomic E-state index is 0.125. The molecule has 2 rings (SSSR count). The summed E-state index contributed by atoms with van der Waals surface area (Å²) < 4.78 is 38.6. The first-order valence-electron chi connectivity index (χ1n) is 6.31. The smallest absolute Gasteiger partial charge is 0.253 e.